The Morgan fingerprint density at radius 2 is 1.90 bits per heavy atom. The lowest BCUT2D eigenvalue weighted by Gasteiger charge is -2.33. The fraction of sp³-hybridized carbons (Fsp3) is 0.571. The number of aryl methyl sites for hydroxylation is 1. The molecule has 1 unspecified atom stereocenters. The highest BCUT2D eigenvalue weighted by Crippen LogP contribution is 2.29. The monoisotopic (exact) mass is 396 g/mol. The van der Waals surface area contributed by atoms with E-state index in [9.17, 15) is 8.42 Å². The van der Waals surface area contributed by atoms with Gasteiger partial charge in [0, 0.05) is 23.6 Å². The second-order valence-electron chi connectivity index (χ2n) is 5.53. The van der Waals surface area contributed by atoms with E-state index in [0.717, 1.165) is 18.4 Å². The van der Waals surface area contributed by atoms with Crippen LogP contribution in [0.5, 0.6) is 0 Å². The van der Waals surface area contributed by atoms with E-state index >= 15 is 0 Å². The molecule has 1 aromatic carbocycles. The van der Waals surface area contributed by atoms with E-state index in [1.54, 1.807) is 10.4 Å². The van der Waals surface area contributed by atoms with Crippen molar-refractivity contribution in [2.24, 2.45) is 11.7 Å². The van der Waals surface area contributed by atoms with Gasteiger partial charge in [0.2, 0.25) is 10.0 Å². The molecular weight excluding hydrogens is 376 g/mol. The van der Waals surface area contributed by atoms with Gasteiger partial charge >= 0.3 is 0 Å². The number of hydrogen-bond acceptors (Lipinski definition) is 3. The number of benzene rings is 1. The lowest BCUT2D eigenvalue weighted by molar-refractivity contribution is 0.250. The van der Waals surface area contributed by atoms with Crippen molar-refractivity contribution in [1.29, 1.82) is 0 Å². The predicted molar refractivity (Wildman–Crippen MR) is 91.3 cm³/mol. The van der Waals surface area contributed by atoms with E-state index in [0.29, 0.717) is 28.4 Å². The molecule has 0 aromatic heterocycles. The Morgan fingerprint density at radius 3 is 2.38 bits per heavy atom. The molecule has 1 aliphatic heterocycles. The van der Waals surface area contributed by atoms with Crippen molar-refractivity contribution in [2.75, 3.05) is 13.1 Å². The van der Waals surface area contributed by atoms with Crippen LogP contribution in [0.2, 0.25) is 0 Å². The zero-order valence-corrected chi connectivity index (χ0v) is 15.5. The summed E-state index contributed by atoms with van der Waals surface area (Å²) in [7, 11) is -3.41. The molecule has 1 saturated heterocycles. The minimum atomic E-state index is -3.41. The Balaban J connectivity index is 0.00000220. The Hall–Kier alpha value is -0.140. The van der Waals surface area contributed by atoms with Crippen LogP contribution in [0.15, 0.2) is 27.6 Å². The zero-order valence-electron chi connectivity index (χ0n) is 12.3. The standard InChI is InChI=1S/C14H21BrN2O2S.ClH/c1-10-3-4-14(13(15)9-10)20(18,19)17-7-5-12(6-8-17)11(2)16;/h3-4,9,11-12H,5-8,16H2,1-2H3;1H. The average molecular weight is 398 g/mol. The summed E-state index contributed by atoms with van der Waals surface area (Å²) < 4.78 is 27.5. The molecule has 0 spiro atoms. The quantitative estimate of drug-likeness (QED) is 0.853. The van der Waals surface area contributed by atoms with Gasteiger partial charge in [-0.1, -0.05) is 6.07 Å². The van der Waals surface area contributed by atoms with Crippen molar-refractivity contribution < 1.29 is 8.42 Å². The predicted octanol–water partition coefficient (Wildman–Crippen LogP) is 2.93. The summed E-state index contributed by atoms with van der Waals surface area (Å²) in [6, 6.07) is 5.46. The molecule has 0 bridgehead atoms. The SMILES string of the molecule is Cc1ccc(S(=O)(=O)N2CCC(C(C)N)CC2)c(Br)c1.Cl. The van der Waals surface area contributed by atoms with E-state index in [4.69, 9.17) is 5.73 Å². The molecule has 1 aliphatic rings. The molecular formula is C14H22BrClN2O2S. The Labute approximate surface area is 141 Å². The van der Waals surface area contributed by atoms with Gasteiger partial charge in [0.25, 0.3) is 0 Å². The second kappa shape index (κ2) is 7.42. The molecule has 0 amide bonds. The first-order valence-electron chi connectivity index (χ1n) is 6.84. The van der Waals surface area contributed by atoms with Gasteiger partial charge < -0.3 is 5.73 Å². The fourth-order valence-corrected chi connectivity index (χ4v) is 5.22. The topological polar surface area (TPSA) is 63.4 Å². The van der Waals surface area contributed by atoms with Gasteiger partial charge in [-0.05, 0) is 66.2 Å². The van der Waals surface area contributed by atoms with Crippen LogP contribution in [0.3, 0.4) is 0 Å². The second-order valence-corrected chi connectivity index (χ2v) is 8.30. The van der Waals surface area contributed by atoms with E-state index in [1.807, 2.05) is 26.0 Å². The molecule has 1 atom stereocenters. The first-order valence-corrected chi connectivity index (χ1v) is 9.07. The lowest BCUT2D eigenvalue weighted by atomic mass is 9.92. The summed E-state index contributed by atoms with van der Waals surface area (Å²) in [5.74, 6) is 0.419. The third-order valence-corrected chi connectivity index (χ3v) is 6.82. The maximum atomic E-state index is 12.7. The first kappa shape index (κ1) is 18.9. The molecule has 0 saturated carbocycles. The smallest absolute Gasteiger partial charge is 0.244 e. The highest BCUT2D eigenvalue weighted by atomic mass is 79.9. The molecule has 2 N–H and O–H groups in total. The molecule has 1 heterocycles. The van der Waals surface area contributed by atoms with E-state index in [2.05, 4.69) is 15.9 Å². The molecule has 21 heavy (non-hydrogen) atoms. The van der Waals surface area contributed by atoms with Crippen molar-refractivity contribution in [1.82, 2.24) is 4.31 Å². The van der Waals surface area contributed by atoms with Crippen LogP contribution < -0.4 is 5.73 Å². The Morgan fingerprint density at radius 1 is 1.33 bits per heavy atom. The third-order valence-electron chi connectivity index (χ3n) is 3.95. The van der Waals surface area contributed by atoms with Crippen LogP contribution in [-0.2, 0) is 10.0 Å². The van der Waals surface area contributed by atoms with Crippen molar-refractivity contribution >= 4 is 38.4 Å². The van der Waals surface area contributed by atoms with Crippen molar-refractivity contribution in [2.45, 2.75) is 37.6 Å². The fourth-order valence-electron chi connectivity index (χ4n) is 2.60. The van der Waals surface area contributed by atoms with Gasteiger partial charge in [0.05, 0.1) is 4.90 Å². The minimum absolute atomic E-state index is 0. The van der Waals surface area contributed by atoms with Crippen LogP contribution in [0.1, 0.15) is 25.3 Å². The van der Waals surface area contributed by atoms with Gasteiger partial charge in [0.15, 0.2) is 0 Å². The van der Waals surface area contributed by atoms with Gasteiger partial charge in [-0.3, -0.25) is 0 Å². The maximum Gasteiger partial charge on any atom is 0.244 e. The molecule has 0 radical (unpaired) electrons. The summed E-state index contributed by atoms with van der Waals surface area (Å²) in [4.78, 5) is 0.349. The number of sulfonamides is 1. The molecule has 1 fully saturated rings. The minimum Gasteiger partial charge on any atom is -0.328 e. The van der Waals surface area contributed by atoms with E-state index in [1.165, 1.54) is 0 Å². The summed E-state index contributed by atoms with van der Waals surface area (Å²) in [5.41, 5.74) is 6.93. The van der Waals surface area contributed by atoms with Gasteiger partial charge in [0.1, 0.15) is 0 Å². The third kappa shape index (κ3) is 4.20. The van der Waals surface area contributed by atoms with Crippen LogP contribution >= 0.6 is 28.3 Å². The van der Waals surface area contributed by atoms with Gasteiger partial charge in [-0.25, -0.2) is 8.42 Å². The number of hydrogen-bond donors (Lipinski definition) is 1. The lowest BCUT2D eigenvalue weighted by Crippen LogP contribution is -2.42. The summed E-state index contributed by atoms with van der Waals surface area (Å²) >= 11 is 3.36. The molecule has 120 valence electrons. The molecule has 2 rings (SSSR count). The number of halogens is 2. The van der Waals surface area contributed by atoms with Crippen molar-refractivity contribution in [3.8, 4) is 0 Å². The van der Waals surface area contributed by atoms with Gasteiger partial charge in [-0.15, -0.1) is 12.4 Å². The Kier molecular flexibility index (Phi) is 6.68. The Bertz CT molecular complexity index is 585. The van der Waals surface area contributed by atoms with Crippen LogP contribution in [0.4, 0.5) is 0 Å². The first-order chi connectivity index (χ1) is 9.32. The van der Waals surface area contributed by atoms with Crippen molar-refractivity contribution in [3.05, 3.63) is 28.2 Å². The van der Waals surface area contributed by atoms with E-state index < -0.39 is 10.0 Å². The largest absolute Gasteiger partial charge is 0.328 e. The number of nitrogens with two attached hydrogens (primary N) is 1. The van der Waals surface area contributed by atoms with Gasteiger partial charge in [-0.2, -0.15) is 4.31 Å². The van der Waals surface area contributed by atoms with E-state index in [-0.39, 0.29) is 18.4 Å². The normalized spacial score (nSPS) is 19.0. The number of piperidine rings is 1. The van der Waals surface area contributed by atoms with Crippen LogP contribution in [0, 0.1) is 12.8 Å². The summed E-state index contributed by atoms with van der Waals surface area (Å²) in [5, 5.41) is 0. The average Bonchev–Trinajstić information content (AvgIpc) is 2.38. The molecule has 7 heteroatoms. The molecule has 4 nitrogen and oxygen atoms in total. The highest BCUT2D eigenvalue weighted by molar-refractivity contribution is 9.10. The number of rotatable bonds is 3. The van der Waals surface area contributed by atoms with Crippen LogP contribution in [-0.4, -0.2) is 31.9 Å². The van der Waals surface area contributed by atoms with Crippen molar-refractivity contribution in [3.63, 3.8) is 0 Å². The maximum absolute atomic E-state index is 12.7. The summed E-state index contributed by atoms with van der Waals surface area (Å²) in [6.07, 6.45) is 1.67. The van der Waals surface area contributed by atoms with Crippen LogP contribution in [0.25, 0.3) is 0 Å². The summed E-state index contributed by atoms with van der Waals surface area (Å²) in [6.45, 7) is 5.03. The molecule has 0 aliphatic carbocycles. The zero-order chi connectivity index (χ0) is 14.9. The number of nitrogens with zero attached hydrogens (tertiary/aromatic N) is 1. The highest BCUT2D eigenvalue weighted by Gasteiger charge is 2.31. The molecule has 1 aromatic rings.